The van der Waals surface area contributed by atoms with Crippen molar-refractivity contribution in [1.29, 1.82) is 0 Å². The predicted molar refractivity (Wildman–Crippen MR) is 71.4 cm³/mol. The summed E-state index contributed by atoms with van der Waals surface area (Å²) in [5, 5.41) is 6.83. The highest BCUT2D eigenvalue weighted by molar-refractivity contribution is 6.37. The van der Waals surface area contributed by atoms with Gasteiger partial charge in [0.2, 0.25) is 0 Å². The van der Waals surface area contributed by atoms with Gasteiger partial charge < -0.3 is 11.2 Å². The quantitative estimate of drug-likeness (QED) is 0.449. The van der Waals surface area contributed by atoms with Crippen LogP contribution in [0.25, 0.3) is 0 Å². The van der Waals surface area contributed by atoms with Crippen molar-refractivity contribution in [2.24, 2.45) is 15.9 Å². The van der Waals surface area contributed by atoms with Crippen LogP contribution in [-0.4, -0.2) is 36.0 Å². The summed E-state index contributed by atoms with van der Waals surface area (Å²) in [6.07, 6.45) is 2.67. The SMILES string of the molecule is CCN[C@@H](C)CN=CC(=NN)c1ccc(F)cn1. The molecule has 98 valence electrons. The summed E-state index contributed by atoms with van der Waals surface area (Å²) in [7, 11) is 0. The molecule has 0 amide bonds. The Morgan fingerprint density at radius 1 is 1.61 bits per heavy atom. The van der Waals surface area contributed by atoms with Crippen LogP contribution in [0.1, 0.15) is 19.5 Å². The largest absolute Gasteiger partial charge is 0.323 e. The Morgan fingerprint density at radius 3 is 2.94 bits per heavy atom. The van der Waals surface area contributed by atoms with Crippen molar-refractivity contribution in [3.63, 3.8) is 0 Å². The summed E-state index contributed by atoms with van der Waals surface area (Å²) >= 11 is 0. The molecule has 1 rings (SSSR count). The van der Waals surface area contributed by atoms with Gasteiger partial charge in [0.15, 0.2) is 0 Å². The molecule has 0 radical (unpaired) electrons. The molecule has 6 heteroatoms. The van der Waals surface area contributed by atoms with Gasteiger partial charge in [0, 0.05) is 6.04 Å². The van der Waals surface area contributed by atoms with Crippen molar-refractivity contribution in [2.45, 2.75) is 19.9 Å². The zero-order chi connectivity index (χ0) is 13.4. The molecule has 0 aliphatic heterocycles. The van der Waals surface area contributed by atoms with Gasteiger partial charge in [-0.2, -0.15) is 5.10 Å². The molecule has 1 aromatic heterocycles. The Labute approximate surface area is 106 Å². The van der Waals surface area contributed by atoms with E-state index in [4.69, 9.17) is 5.84 Å². The molecule has 0 saturated heterocycles. The molecule has 0 fully saturated rings. The van der Waals surface area contributed by atoms with Gasteiger partial charge in [0.1, 0.15) is 11.5 Å². The zero-order valence-electron chi connectivity index (χ0n) is 10.6. The second-order valence-electron chi connectivity index (χ2n) is 3.83. The fraction of sp³-hybridized carbons (Fsp3) is 0.417. The Hall–Kier alpha value is -1.82. The van der Waals surface area contributed by atoms with E-state index in [-0.39, 0.29) is 6.04 Å². The molecule has 1 heterocycles. The smallest absolute Gasteiger partial charge is 0.141 e. The minimum Gasteiger partial charge on any atom is -0.323 e. The third-order valence-electron chi connectivity index (χ3n) is 2.27. The minimum absolute atomic E-state index is 0.284. The number of halogens is 1. The Morgan fingerprint density at radius 2 is 2.39 bits per heavy atom. The molecule has 1 atom stereocenters. The number of nitrogens with two attached hydrogens (primary N) is 1. The second kappa shape index (κ2) is 7.50. The van der Waals surface area contributed by atoms with E-state index in [9.17, 15) is 4.39 Å². The molecule has 18 heavy (non-hydrogen) atoms. The lowest BCUT2D eigenvalue weighted by Crippen LogP contribution is -2.28. The zero-order valence-corrected chi connectivity index (χ0v) is 10.6. The van der Waals surface area contributed by atoms with Crippen LogP contribution >= 0.6 is 0 Å². The predicted octanol–water partition coefficient (Wildman–Crippen LogP) is 0.952. The van der Waals surface area contributed by atoms with Crippen molar-refractivity contribution in [2.75, 3.05) is 13.1 Å². The minimum atomic E-state index is -0.396. The molecule has 0 aromatic carbocycles. The average Bonchev–Trinajstić information content (AvgIpc) is 2.36. The number of aromatic nitrogens is 1. The number of hydrazone groups is 1. The topological polar surface area (TPSA) is 75.7 Å². The van der Waals surface area contributed by atoms with Gasteiger partial charge in [0.05, 0.1) is 24.7 Å². The molecule has 0 aliphatic carbocycles. The van der Waals surface area contributed by atoms with Crippen LogP contribution in [0.2, 0.25) is 0 Å². The Bertz CT molecular complexity index is 413. The molecule has 0 spiro atoms. The van der Waals surface area contributed by atoms with E-state index < -0.39 is 5.82 Å². The van der Waals surface area contributed by atoms with Gasteiger partial charge in [-0.25, -0.2) is 4.39 Å². The third-order valence-corrected chi connectivity index (χ3v) is 2.27. The average molecular weight is 251 g/mol. The first-order valence-corrected chi connectivity index (χ1v) is 5.80. The van der Waals surface area contributed by atoms with Crippen molar-refractivity contribution in [1.82, 2.24) is 10.3 Å². The van der Waals surface area contributed by atoms with Crippen molar-refractivity contribution < 1.29 is 4.39 Å². The highest BCUT2D eigenvalue weighted by atomic mass is 19.1. The molecule has 0 unspecified atom stereocenters. The van der Waals surface area contributed by atoms with Crippen LogP contribution in [0.15, 0.2) is 28.4 Å². The summed E-state index contributed by atoms with van der Waals surface area (Å²) in [5.41, 5.74) is 0.928. The van der Waals surface area contributed by atoms with Crippen LogP contribution in [0.4, 0.5) is 4.39 Å². The van der Waals surface area contributed by atoms with Crippen molar-refractivity contribution in [3.8, 4) is 0 Å². The lowest BCUT2D eigenvalue weighted by atomic mass is 10.2. The molecule has 3 N–H and O–H groups in total. The van der Waals surface area contributed by atoms with E-state index in [1.165, 1.54) is 12.1 Å². The first-order valence-electron chi connectivity index (χ1n) is 5.80. The highest BCUT2D eigenvalue weighted by Gasteiger charge is 2.03. The van der Waals surface area contributed by atoms with E-state index in [2.05, 4.69) is 20.4 Å². The van der Waals surface area contributed by atoms with Crippen molar-refractivity contribution in [3.05, 3.63) is 29.8 Å². The van der Waals surface area contributed by atoms with E-state index >= 15 is 0 Å². The summed E-state index contributed by atoms with van der Waals surface area (Å²) in [6.45, 7) is 5.59. The van der Waals surface area contributed by atoms with Crippen molar-refractivity contribution >= 4 is 11.9 Å². The number of pyridine rings is 1. The van der Waals surface area contributed by atoms with E-state index in [0.717, 1.165) is 12.7 Å². The van der Waals surface area contributed by atoms with E-state index in [0.29, 0.717) is 18.0 Å². The normalized spacial score (nSPS) is 14.1. The number of hydrogen-bond acceptors (Lipinski definition) is 5. The Balaban J connectivity index is 2.63. The van der Waals surface area contributed by atoms with Gasteiger partial charge in [-0.15, -0.1) is 0 Å². The maximum Gasteiger partial charge on any atom is 0.141 e. The first kappa shape index (κ1) is 14.2. The van der Waals surface area contributed by atoms with Gasteiger partial charge in [-0.05, 0) is 25.6 Å². The standard InChI is InChI=1S/C12H18FN5/c1-3-16-9(2)6-15-8-12(18-14)11-5-4-10(13)7-17-11/h4-5,7-9,16H,3,6,14H2,1-2H3/t9-/m0/s1. The number of nitrogens with zero attached hydrogens (tertiary/aromatic N) is 3. The molecule has 1 aromatic rings. The maximum absolute atomic E-state index is 12.7. The molecule has 0 aliphatic rings. The van der Waals surface area contributed by atoms with Gasteiger partial charge >= 0.3 is 0 Å². The van der Waals surface area contributed by atoms with E-state index in [1.807, 2.05) is 13.8 Å². The molecule has 0 saturated carbocycles. The highest BCUT2D eigenvalue weighted by Crippen LogP contribution is 1.99. The summed E-state index contributed by atoms with van der Waals surface area (Å²) in [5.74, 6) is 4.87. The first-order chi connectivity index (χ1) is 8.67. The van der Waals surface area contributed by atoms with Gasteiger partial charge in [0.25, 0.3) is 0 Å². The summed E-state index contributed by atoms with van der Waals surface area (Å²) < 4.78 is 12.7. The monoisotopic (exact) mass is 251 g/mol. The van der Waals surface area contributed by atoms with Crippen LogP contribution in [-0.2, 0) is 0 Å². The van der Waals surface area contributed by atoms with Crippen LogP contribution in [0.3, 0.4) is 0 Å². The second-order valence-corrected chi connectivity index (χ2v) is 3.83. The third kappa shape index (κ3) is 4.58. The van der Waals surface area contributed by atoms with Gasteiger partial charge in [-0.3, -0.25) is 9.98 Å². The number of aliphatic imine (C=N–C) groups is 1. The fourth-order valence-corrected chi connectivity index (χ4v) is 1.40. The van der Waals surface area contributed by atoms with E-state index in [1.54, 1.807) is 6.21 Å². The maximum atomic E-state index is 12.7. The number of nitrogens with one attached hydrogen (secondary N) is 1. The number of likely N-dealkylation sites (N-methyl/N-ethyl adjacent to an activating group) is 1. The van der Waals surface area contributed by atoms with Crippen LogP contribution in [0, 0.1) is 5.82 Å². The molecule has 5 nitrogen and oxygen atoms in total. The van der Waals surface area contributed by atoms with Gasteiger partial charge in [-0.1, -0.05) is 6.92 Å². The lowest BCUT2D eigenvalue weighted by Gasteiger charge is -2.08. The number of hydrogen-bond donors (Lipinski definition) is 2. The summed E-state index contributed by atoms with van der Waals surface area (Å²) in [4.78, 5) is 8.12. The lowest BCUT2D eigenvalue weighted by molar-refractivity contribution is 0.578. The molecule has 0 bridgehead atoms. The summed E-state index contributed by atoms with van der Waals surface area (Å²) in [6, 6.07) is 3.11. The van der Waals surface area contributed by atoms with Crippen LogP contribution in [0.5, 0.6) is 0 Å². The van der Waals surface area contributed by atoms with Crippen LogP contribution < -0.4 is 11.2 Å². The Kier molecular flexibility index (Phi) is 5.93. The number of rotatable bonds is 6. The molecular weight excluding hydrogens is 233 g/mol. The fourth-order valence-electron chi connectivity index (χ4n) is 1.40. The molecular formula is C12H18FN5.